The number of carbonyl (C=O) groups excluding carboxylic acids is 3. The molecule has 16 heteroatoms. The molecule has 0 spiro atoms. The molecule has 0 aliphatic heterocycles. The Labute approximate surface area is 459 Å². The number of rotatable bonds is 24. The molecule has 78 heavy (non-hydrogen) atoms. The fourth-order valence-corrected chi connectivity index (χ4v) is 9.15. The summed E-state index contributed by atoms with van der Waals surface area (Å²) in [5.74, 6) is 1.17. The van der Waals surface area contributed by atoms with Crippen molar-refractivity contribution < 1.29 is 56.5 Å². The summed E-state index contributed by atoms with van der Waals surface area (Å²) in [6.45, 7) is 24.7. The summed E-state index contributed by atoms with van der Waals surface area (Å²) < 4.78 is 45.7. The second kappa shape index (κ2) is 25.7. The van der Waals surface area contributed by atoms with Crippen LogP contribution in [0.25, 0.3) is 22.9 Å². The average molecular weight is 1080 g/mol. The Kier molecular flexibility index (Phi) is 19.6. The maximum absolute atomic E-state index is 12.9. The van der Waals surface area contributed by atoms with E-state index in [4.69, 9.17) is 37.0 Å². The molecule has 0 amide bonds. The van der Waals surface area contributed by atoms with Crippen LogP contribution in [-0.2, 0) is 41.8 Å². The molecule has 0 bridgehead atoms. The molecule has 0 saturated heterocycles. The molecule has 4 aromatic heterocycles. The average Bonchev–Trinajstić information content (AvgIpc) is 4.18. The number of aliphatic hydroxyl groups is 1. The van der Waals surface area contributed by atoms with Gasteiger partial charge in [0, 0.05) is 53.7 Å². The molecule has 8 rings (SSSR count). The summed E-state index contributed by atoms with van der Waals surface area (Å²) in [5.41, 5.74) is 4.55. The van der Waals surface area contributed by atoms with Gasteiger partial charge in [-0.25, -0.2) is 0 Å². The number of nitrogens with zero attached hydrogens (tertiary/aromatic N) is 4. The van der Waals surface area contributed by atoms with E-state index in [1.54, 1.807) is 12.1 Å². The van der Waals surface area contributed by atoms with Gasteiger partial charge in [-0.3, -0.25) is 14.4 Å². The third-order valence-electron chi connectivity index (χ3n) is 13.3. The minimum atomic E-state index is -0.804. The van der Waals surface area contributed by atoms with Gasteiger partial charge in [0.2, 0.25) is 11.5 Å². The number of hydrogen-bond donors (Lipinski definition) is 1. The zero-order valence-corrected chi connectivity index (χ0v) is 47.9. The van der Waals surface area contributed by atoms with Gasteiger partial charge in [0.15, 0.2) is 28.7 Å². The number of esters is 2. The fraction of sp³-hybridized carbons (Fsp3) is 0.565. The lowest BCUT2D eigenvalue weighted by molar-refractivity contribution is -0.156. The molecule has 2 aliphatic carbocycles. The van der Waals surface area contributed by atoms with Crippen LogP contribution in [0.3, 0.4) is 0 Å². The smallest absolute Gasteiger partial charge is 0.306 e. The van der Waals surface area contributed by atoms with Crippen LogP contribution in [0.2, 0.25) is 0 Å². The second-order valence-electron chi connectivity index (χ2n) is 25.0. The summed E-state index contributed by atoms with van der Waals surface area (Å²) in [5, 5.41) is 28.0. The second-order valence-corrected chi connectivity index (χ2v) is 25.0. The third kappa shape index (κ3) is 17.4. The summed E-state index contributed by atoms with van der Waals surface area (Å²) in [4.78, 5) is 38.5. The Hall–Kier alpha value is -6.23. The van der Waals surface area contributed by atoms with Crippen LogP contribution in [0.15, 0.2) is 90.9 Å². The Morgan fingerprint density at radius 1 is 0.577 bits per heavy atom. The molecule has 1 N–H and O–H groups in total. The van der Waals surface area contributed by atoms with E-state index in [0.717, 1.165) is 72.2 Å². The number of ether oxygens (including phenoxy) is 4. The highest BCUT2D eigenvalue weighted by Crippen LogP contribution is 2.50. The predicted octanol–water partition coefficient (Wildman–Crippen LogP) is 14.3. The van der Waals surface area contributed by atoms with Crippen molar-refractivity contribution in [2.24, 2.45) is 10.8 Å². The van der Waals surface area contributed by atoms with Gasteiger partial charge in [-0.2, -0.15) is 0 Å². The molecule has 2 saturated carbocycles. The van der Waals surface area contributed by atoms with Gasteiger partial charge in [-0.15, -0.1) is 0 Å². The van der Waals surface area contributed by atoms with Gasteiger partial charge < -0.3 is 42.1 Å². The molecule has 422 valence electrons. The van der Waals surface area contributed by atoms with Crippen molar-refractivity contribution in [3.05, 3.63) is 118 Å². The van der Waals surface area contributed by atoms with Crippen molar-refractivity contribution in [3.8, 4) is 22.9 Å². The van der Waals surface area contributed by atoms with E-state index in [1.165, 1.54) is 0 Å². The first-order chi connectivity index (χ1) is 36.8. The molecular formula is C62H82N4O12. The van der Waals surface area contributed by atoms with Gasteiger partial charge in [-0.1, -0.05) is 123 Å². The predicted molar refractivity (Wildman–Crippen MR) is 293 cm³/mol. The van der Waals surface area contributed by atoms with Crippen LogP contribution in [0.4, 0.5) is 0 Å². The number of aliphatic hydroxyl groups excluding tert-OH is 1. The number of benzene rings is 2. The molecule has 1 unspecified atom stereocenters. The number of carbonyl (C=O) groups is 3. The first-order valence-corrected chi connectivity index (χ1v) is 27.7. The largest absolute Gasteiger partial charge is 0.460 e. The van der Waals surface area contributed by atoms with E-state index in [1.807, 2.05) is 144 Å². The minimum Gasteiger partial charge on any atom is -0.460 e. The van der Waals surface area contributed by atoms with Crippen molar-refractivity contribution in [1.29, 1.82) is 0 Å². The van der Waals surface area contributed by atoms with Gasteiger partial charge in [0.1, 0.15) is 17.3 Å². The molecule has 6 aromatic rings. The Balaban J connectivity index is 0.000000226. The molecular weight excluding hydrogens is 993 g/mol. The van der Waals surface area contributed by atoms with Crippen molar-refractivity contribution in [1.82, 2.24) is 20.6 Å². The molecule has 2 aliphatic rings. The standard InChI is InChI=1S/C31H42N2O6.C31H40N2O6/c2*1-30(2,3)29(35)24-18-23(32-38-24)28-26(21-14-15-21)27(33-39-28)22(17-25(34)37-31(4,5)6)13-10-16-36-19-20-11-8-7-9-12-20/h7-9,11-12,18,21-22,29,35H,10,13-17,19H2,1-6H3;7-9,11-12,18,21-22H,10,13-17,19H2,1-6H3/t22-,29?;22-/m00/s1. The summed E-state index contributed by atoms with van der Waals surface area (Å²) >= 11 is 0. The Bertz CT molecular complexity index is 2860. The van der Waals surface area contributed by atoms with Crippen molar-refractivity contribution in [2.75, 3.05) is 13.2 Å². The molecule has 2 aromatic carbocycles. The van der Waals surface area contributed by atoms with E-state index in [0.29, 0.717) is 73.9 Å². The highest BCUT2D eigenvalue weighted by molar-refractivity contribution is 5.98. The number of aromatic nitrogens is 4. The molecule has 4 heterocycles. The lowest BCUT2D eigenvalue weighted by Crippen LogP contribution is -2.25. The van der Waals surface area contributed by atoms with E-state index in [9.17, 15) is 19.5 Å². The zero-order valence-electron chi connectivity index (χ0n) is 47.9. The van der Waals surface area contributed by atoms with Crippen LogP contribution in [0.5, 0.6) is 0 Å². The van der Waals surface area contributed by atoms with Crippen LogP contribution in [-0.4, -0.2) is 67.9 Å². The molecule has 0 radical (unpaired) electrons. The summed E-state index contributed by atoms with van der Waals surface area (Å²) in [7, 11) is 0. The maximum atomic E-state index is 12.9. The first-order valence-electron chi connectivity index (χ1n) is 27.7. The van der Waals surface area contributed by atoms with E-state index >= 15 is 0 Å². The number of ketones is 1. The van der Waals surface area contributed by atoms with E-state index in [2.05, 4.69) is 20.6 Å². The third-order valence-corrected chi connectivity index (χ3v) is 13.3. The van der Waals surface area contributed by atoms with Crippen LogP contribution < -0.4 is 0 Å². The quantitative estimate of drug-likeness (QED) is 0.0339. The van der Waals surface area contributed by atoms with Gasteiger partial charge in [0.05, 0.1) is 37.4 Å². The van der Waals surface area contributed by atoms with Gasteiger partial charge in [0.25, 0.3) is 0 Å². The SMILES string of the molecule is CC(C)(C)OC(=O)C[C@H](CCCOCc1ccccc1)c1noc(-c2cc(C(=O)C(C)(C)C)on2)c1C1CC1.CC(C)(C)OC(=O)C[C@H](CCCOCc1ccccc1)c1noc(-c2cc(C(O)C(C)(C)C)on2)c1C1CC1. The lowest BCUT2D eigenvalue weighted by atomic mass is 9.87. The monoisotopic (exact) mass is 1070 g/mol. The number of Topliss-reactive ketones (excluding diaryl/α,β-unsaturated/α-hetero) is 1. The molecule has 2 fully saturated rings. The van der Waals surface area contributed by atoms with Gasteiger partial charge in [-0.05, 0) is 121 Å². The van der Waals surface area contributed by atoms with E-state index < -0.39 is 28.1 Å². The van der Waals surface area contributed by atoms with Crippen molar-refractivity contribution in [2.45, 2.75) is 201 Å². The van der Waals surface area contributed by atoms with Crippen molar-refractivity contribution >= 4 is 17.7 Å². The first kappa shape index (κ1) is 59.4. The molecule has 16 nitrogen and oxygen atoms in total. The Morgan fingerprint density at radius 3 is 1.40 bits per heavy atom. The summed E-state index contributed by atoms with van der Waals surface area (Å²) in [6.07, 6.45) is 6.55. The van der Waals surface area contributed by atoms with Crippen molar-refractivity contribution in [3.63, 3.8) is 0 Å². The van der Waals surface area contributed by atoms with E-state index in [-0.39, 0.29) is 54.1 Å². The molecule has 3 atom stereocenters. The van der Waals surface area contributed by atoms with Crippen LogP contribution >= 0.6 is 0 Å². The van der Waals surface area contributed by atoms with Crippen LogP contribution in [0.1, 0.15) is 227 Å². The highest BCUT2D eigenvalue weighted by atomic mass is 16.6. The maximum Gasteiger partial charge on any atom is 0.306 e. The fourth-order valence-electron chi connectivity index (χ4n) is 9.15. The Morgan fingerprint density at radius 2 is 1.00 bits per heavy atom. The summed E-state index contributed by atoms with van der Waals surface area (Å²) in [6, 6.07) is 23.5. The topological polar surface area (TPSA) is 212 Å². The van der Waals surface area contributed by atoms with Gasteiger partial charge >= 0.3 is 11.9 Å². The minimum absolute atomic E-state index is 0.132. The highest BCUT2D eigenvalue weighted by Gasteiger charge is 2.40. The number of hydrogen-bond acceptors (Lipinski definition) is 16. The zero-order chi connectivity index (χ0) is 56.4. The lowest BCUT2D eigenvalue weighted by Gasteiger charge is -2.22. The normalized spacial score (nSPS) is 15.3. The van der Waals surface area contributed by atoms with Crippen LogP contribution in [0, 0.1) is 10.8 Å².